The summed E-state index contributed by atoms with van der Waals surface area (Å²) >= 11 is 0. The van der Waals surface area contributed by atoms with Crippen LogP contribution in [-0.2, 0) is 9.59 Å². The van der Waals surface area contributed by atoms with Crippen LogP contribution in [0.1, 0.15) is 13.3 Å². The summed E-state index contributed by atoms with van der Waals surface area (Å²) in [5, 5.41) is 8.74. The number of allylic oxidation sites excluding steroid dienone is 3. The largest absolute Gasteiger partial charge is 0.478 e. The molecule has 0 heterocycles. The van der Waals surface area contributed by atoms with Gasteiger partial charge in [0.2, 0.25) is 0 Å². The quantitative estimate of drug-likeness (QED) is 0.626. The molecule has 1 rings (SSSR count). The van der Waals surface area contributed by atoms with Gasteiger partial charge in [0.05, 0.1) is 11.0 Å². The number of carboxylic acid groups (broad SMARTS) is 1. The smallest absolute Gasteiger partial charge is 0.332 e. The number of aliphatic carboxylic acids is 1. The van der Waals surface area contributed by atoms with Crippen LogP contribution in [0.3, 0.4) is 0 Å². The lowest BCUT2D eigenvalue weighted by molar-refractivity contribution is -0.135. The zero-order chi connectivity index (χ0) is 9.19. The number of carbonyl (C=O) groups excluding carboxylic acids is 1. The van der Waals surface area contributed by atoms with Crippen LogP contribution in [0.2, 0.25) is 0 Å². The molecule has 0 aromatic heterocycles. The number of hydrogen-bond acceptors (Lipinski definition) is 2. The van der Waals surface area contributed by atoms with Gasteiger partial charge < -0.3 is 9.90 Å². The Kier molecular flexibility index (Phi) is 2.13. The predicted molar refractivity (Wildman–Crippen MR) is 43.6 cm³/mol. The van der Waals surface area contributed by atoms with Gasteiger partial charge in [-0.3, -0.25) is 0 Å². The third-order valence-electron chi connectivity index (χ3n) is 2.05. The van der Waals surface area contributed by atoms with Gasteiger partial charge in [-0.25, -0.2) is 4.79 Å². The molecule has 0 saturated carbocycles. The molecule has 12 heavy (non-hydrogen) atoms. The molecule has 1 N–H and O–H groups in total. The Hall–Kier alpha value is -1.38. The molecule has 0 aromatic carbocycles. The van der Waals surface area contributed by atoms with Gasteiger partial charge in [0, 0.05) is 0 Å². The van der Waals surface area contributed by atoms with Crippen molar-refractivity contribution in [2.45, 2.75) is 13.3 Å². The number of hydrogen-bond donors (Lipinski definition) is 1. The highest BCUT2D eigenvalue weighted by Gasteiger charge is 2.33. The lowest BCUT2D eigenvalue weighted by Gasteiger charge is -2.24. The molecule has 1 unspecified atom stereocenters. The standard InChI is InChI=1S/C9H10O3/c1-9(6-10)5-3-2-4-7(9)8(11)12/h2-4,6H,5H2,1H3,(H,11,12). The topological polar surface area (TPSA) is 54.4 Å². The minimum absolute atomic E-state index is 0.167. The Morgan fingerprint density at radius 3 is 2.83 bits per heavy atom. The van der Waals surface area contributed by atoms with Crippen molar-refractivity contribution in [3.63, 3.8) is 0 Å². The fraction of sp³-hybridized carbons (Fsp3) is 0.333. The summed E-state index contributed by atoms with van der Waals surface area (Å²) in [6, 6.07) is 0. The lowest BCUT2D eigenvalue weighted by Crippen LogP contribution is -2.27. The van der Waals surface area contributed by atoms with Crippen LogP contribution >= 0.6 is 0 Å². The summed E-state index contributed by atoms with van der Waals surface area (Å²) in [6.07, 6.45) is 6.08. The molecule has 0 spiro atoms. The zero-order valence-corrected chi connectivity index (χ0v) is 6.78. The molecule has 3 heteroatoms. The Morgan fingerprint density at radius 2 is 2.42 bits per heavy atom. The van der Waals surface area contributed by atoms with Crippen molar-refractivity contribution in [2.24, 2.45) is 5.41 Å². The van der Waals surface area contributed by atoms with Crippen molar-refractivity contribution >= 4 is 12.3 Å². The van der Waals surface area contributed by atoms with E-state index in [1.165, 1.54) is 6.08 Å². The molecule has 0 radical (unpaired) electrons. The van der Waals surface area contributed by atoms with E-state index in [0.29, 0.717) is 12.7 Å². The first-order chi connectivity index (χ1) is 5.60. The highest BCUT2D eigenvalue weighted by molar-refractivity contribution is 5.94. The van der Waals surface area contributed by atoms with E-state index in [2.05, 4.69) is 0 Å². The maximum Gasteiger partial charge on any atom is 0.332 e. The van der Waals surface area contributed by atoms with Gasteiger partial charge in [-0.1, -0.05) is 18.2 Å². The Balaban J connectivity index is 3.06. The van der Waals surface area contributed by atoms with Crippen molar-refractivity contribution in [3.8, 4) is 0 Å². The van der Waals surface area contributed by atoms with Gasteiger partial charge in [-0.05, 0) is 13.3 Å². The fourth-order valence-corrected chi connectivity index (χ4v) is 1.20. The van der Waals surface area contributed by atoms with E-state index < -0.39 is 11.4 Å². The normalized spacial score (nSPS) is 27.9. The van der Waals surface area contributed by atoms with E-state index in [9.17, 15) is 9.59 Å². The molecule has 3 nitrogen and oxygen atoms in total. The van der Waals surface area contributed by atoms with Crippen LogP contribution in [0, 0.1) is 5.41 Å². The van der Waals surface area contributed by atoms with Crippen LogP contribution in [0.4, 0.5) is 0 Å². The maximum absolute atomic E-state index is 10.7. The third kappa shape index (κ3) is 1.30. The van der Waals surface area contributed by atoms with Gasteiger partial charge in [-0.2, -0.15) is 0 Å². The second-order valence-corrected chi connectivity index (χ2v) is 3.05. The van der Waals surface area contributed by atoms with Crippen LogP contribution in [0.15, 0.2) is 23.8 Å². The predicted octanol–water partition coefficient (Wildman–Crippen LogP) is 1.16. The van der Waals surface area contributed by atoms with E-state index in [4.69, 9.17) is 5.11 Å². The average molecular weight is 166 g/mol. The van der Waals surface area contributed by atoms with Crippen molar-refractivity contribution in [3.05, 3.63) is 23.8 Å². The summed E-state index contributed by atoms with van der Waals surface area (Å²) in [5.41, 5.74) is -0.680. The SMILES string of the molecule is CC1(C=O)CC=CC=C1C(=O)O. The summed E-state index contributed by atoms with van der Waals surface area (Å²) in [5.74, 6) is -1.02. The summed E-state index contributed by atoms with van der Waals surface area (Å²) in [4.78, 5) is 21.3. The van der Waals surface area contributed by atoms with Crippen LogP contribution in [-0.4, -0.2) is 17.4 Å². The van der Waals surface area contributed by atoms with Gasteiger partial charge in [0.25, 0.3) is 0 Å². The summed E-state index contributed by atoms with van der Waals surface area (Å²) < 4.78 is 0. The Bertz CT molecular complexity index is 275. The highest BCUT2D eigenvalue weighted by Crippen LogP contribution is 2.31. The van der Waals surface area contributed by atoms with E-state index in [1.54, 1.807) is 19.1 Å². The van der Waals surface area contributed by atoms with Crippen molar-refractivity contribution in [2.75, 3.05) is 0 Å². The first-order valence-corrected chi connectivity index (χ1v) is 3.67. The van der Waals surface area contributed by atoms with E-state index in [1.807, 2.05) is 0 Å². The first kappa shape index (κ1) is 8.71. The molecule has 64 valence electrons. The zero-order valence-electron chi connectivity index (χ0n) is 6.78. The fourth-order valence-electron chi connectivity index (χ4n) is 1.20. The lowest BCUT2D eigenvalue weighted by atomic mass is 9.78. The molecule has 0 bridgehead atoms. The van der Waals surface area contributed by atoms with Crippen LogP contribution < -0.4 is 0 Å². The third-order valence-corrected chi connectivity index (χ3v) is 2.05. The Morgan fingerprint density at radius 1 is 1.75 bits per heavy atom. The molecule has 0 fully saturated rings. The second kappa shape index (κ2) is 2.93. The molecule has 0 aromatic rings. The molecule has 1 atom stereocenters. The molecule has 0 amide bonds. The number of carbonyl (C=O) groups is 2. The molecular formula is C9H10O3. The Labute approximate surface area is 70.4 Å². The molecule has 0 aliphatic heterocycles. The molecule has 0 saturated heterocycles. The summed E-state index contributed by atoms with van der Waals surface area (Å²) in [7, 11) is 0. The van der Waals surface area contributed by atoms with Gasteiger partial charge in [-0.15, -0.1) is 0 Å². The van der Waals surface area contributed by atoms with E-state index >= 15 is 0 Å². The summed E-state index contributed by atoms with van der Waals surface area (Å²) in [6.45, 7) is 1.63. The van der Waals surface area contributed by atoms with Crippen LogP contribution in [0.5, 0.6) is 0 Å². The number of aldehydes is 1. The van der Waals surface area contributed by atoms with Gasteiger partial charge >= 0.3 is 5.97 Å². The minimum Gasteiger partial charge on any atom is -0.478 e. The van der Waals surface area contributed by atoms with Crippen molar-refractivity contribution < 1.29 is 14.7 Å². The van der Waals surface area contributed by atoms with E-state index in [0.717, 1.165) is 0 Å². The van der Waals surface area contributed by atoms with Crippen molar-refractivity contribution in [1.82, 2.24) is 0 Å². The van der Waals surface area contributed by atoms with Crippen LogP contribution in [0.25, 0.3) is 0 Å². The van der Waals surface area contributed by atoms with Gasteiger partial charge in [0.15, 0.2) is 0 Å². The molecular weight excluding hydrogens is 156 g/mol. The number of carboxylic acids is 1. The highest BCUT2D eigenvalue weighted by atomic mass is 16.4. The average Bonchev–Trinajstić information content (AvgIpc) is 2.05. The molecule has 1 aliphatic rings. The first-order valence-electron chi connectivity index (χ1n) is 3.67. The van der Waals surface area contributed by atoms with E-state index in [-0.39, 0.29) is 5.57 Å². The second-order valence-electron chi connectivity index (χ2n) is 3.05. The number of rotatable bonds is 2. The monoisotopic (exact) mass is 166 g/mol. The maximum atomic E-state index is 10.7. The van der Waals surface area contributed by atoms with Gasteiger partial charge in [0.1, 0.15) is 6.29 Å². The molecule has 1 aliphatic carbocycles. The van der Waals surface area contributed by atoms with Crippen molar-refractivity contribution in [1.29, 1.82) is 0 Å². The minimum atomic E-state index is -1.02.